The van der Waals surface area contributed by atoms with Crippen LogP contribution in [0.5, 0.6) is 0 Å². The van der Waals surface area contributed by atoms with E-state index in [0.29, 0.717) is 6.29 Å². The van der Waals surface area contributed by atoms with Gasteiger partial charge in [-0.2, -0.15) is 0 Å². The molecular formula is C5H5BrO2. The lowest BCUT2D eigenvalue weighted by molar-refractivity contribution is -0.113. The lowest BCUT2D eigenvalue weighted by Crippen LogP contribution is -1.82. The van der Waals surface area contributed by atoms with Crippen molar-refractivity contribution in [2.24, 2.45) is 0 Å². The van der Waals surface area contributed by atoms with E-state index in [0.717, 1.165) is 0 Å². The predicted octanol–water partition coefficient (Wildman–Crippen LogP) is 1.05. The van der Waals surface area contributed by atoms with E-state index in [1.54, 1.807) is 0 Å². The topological polar surface area (TPSA) is 34.1 Å². The van der Waals surface area contributed by atoms with Crippen molar-refractivity contribution in [3.05, 3.63) is 10.6 Å². The molecule has 0 aliphatic carbocycles. The minimum absolute atomic E-state index is 0.135. The second kappa shape index (κ2) is 3.55. The highest BCUT2D eigenvalue weighted by molar-refractivity contribution is 9.12. The van der Waals surface area contributed by atoms with Gasteiger partial charge in [0.15, 0.2) is 12.1 Å². The number of allylic oxidation sites excluding steroid dienone is 2. The molecular weight excluding hydrogens is 172 g/mol. The van der Waals surface area contributed by atoms with E-state index in [2.05, 4.69) is 15.9 Å². The zero-order chi connectivity index (χ0) is 6.57. The lowest BCUT2D eigenvalue weighted by atomic mass is 10.4. The molecule has 0 spiro atoms. The van der Waals surface area contributed by atoms with Crippen molar-refractivity contribution >= 4 is 28.0 Å². The number of aldehydes is 1. The molecule has 0 atom stereocenters. The van der Waals surface area contributed by atoms with Crippen molar-refractivity contribution in [2.75, 3.05) is 0 Å². The van der Waals surface area contributed by atoms with Crippen molar-refractivity contribution in [3.63, 3.8) is 0 Å². The second-order valence-corrected chi connectivity index (χ2v) is 2.17. The number of rotatable bonds is 2. The van der Waals surface area contributed by atoms with E-state index in [9.17, 15) is 9.59 Å². The highest BCUT2D eigenvalue weighted by Gasteiger charge is 1.87. The summed E-state index contributed by atoms with van der Waals surface area (Å²) in [6.45, 7) is 1.38. The Morgan fingerprint density at radius 3 is 2.25 bits per heavy atom. The standard InChI is InChI=1S/C5H5BrO2/c1-4(8)2-5(6)3-7/h2-3H,1H3/b5-2+. The molecule has 0 rings (SSSR count). The second-order valence-electron chi connectivity index (χ2n) is 1.26. The number of ketones is 1. The maximum absolute atomic E-state index is 10.1. The first-order valence-electron chi connectivity index (χ1n) is 1.99. The normalized spacial score (nSPS) is 11.0. The number of carbonyl (C=O) groups excluding carboxylic acids is 2. The molecule has 44 valence electrons. The first-order valence-corrected chi connectivity index (χ1v) is 2.79. The van der Waals surface area contributed by atoms with Gasteiger partial charge in [-0.1, -0.05) is 0 Å². The molecule has 0 N–H and O–H groups in total. The minimum Gasteiger partial charge on any atom is -0.297 e. The van der Waals surface area contributed by atoms with Crippen LogP contribution in [0.25, 0.3) is 0 Å². The largest absolute Gasteiger partial charge is 0.297 e. The summed E-state index contributed by atoms with van der Waals surface area (Å²) < 4.78 is 0.282. The summed E-state index contributed by atoms with van der Waals surface area (Å²) in [7, 11) is 0. The highest BCUT2D eigenvalue weighted by atomic mass is 79.9. The summed E-state index contributed by atoms with van der Waals surface area (Å²) in [5.74, 6) is -0.135. The first-order chi connectivity index (χ1) is 3.66. The van der Waals surface area contributed by atoms with Crippen molar-refractivity contribution < 1.29 is 9.59 Å². The molecule has 0 fully saturated rings. The summed E-state index contributed by atoms with van der Waals surface area (Å²) >= 11 is 2.85. The average Bonchev–Trinajstić information content (AvgIpc) is 1.65. The number of hydrogen-bond acceptors (Lipinski definition) is 2. The van der Waals surface area contributed by atoms with Crippen molar-refractivity contribution in [2.45, 2.75) is 6.92 Å². The third-order valence-corrected chi connectivity index (χ3v) is 0.870. The molecule has 0 aromatic rings. The molecule has 0 amide bonds. The van der Waals surface area contributed by atoms with E-state index >= 15 is 0 Å². The van der Waals surface area contributed by atoms with Crippen LogP contribution in [0, 0.1) is 0 Å². The lowest BCUT2D eigenvalue weighted by Gasteiger charge is -1.77. The molecule has 0 aliphatic rings. The maximum Gasteiger partial charge on any atom is 0.157 e. The molecule has 0 unspecified atom stereocenters. The monoisotopic (exact) mass is 176 g/mol. The van der Waals surface area contributed by atoms with E-state index in [4.69, 9.17) is 0 Å². The van der Waals surface area contributed by atoms with E-state index in [1.807, 2.05) is 0 Å². The van der Waals surface area contributed by atoms with Crippen molar-refractivity contribution in [1.82, 2.24) is 0 Å². The van der Waals surface area contributed by atoms with Crippen LogP contribution in [0.15, 0.2) is 10.6 Å². The van der Waals surface area contributed by atoms with Gasteiger partial charge < -0.3 is 0 Å². The van der Waals surface area contributed by atoms with Gasteiger partial charge in [0.25, 0.3) is 0 Å². The average molecular weight is 177 g/mol. The molecule has 0 aromatic carbocycles. The molecule has 0 aromatic heterocycles. The Labute approximate surface area is 55.7 Å². The molecule has 0 radical (unpaired) electrons. The van der Waals surface area contributed by atoms with E-state index < -0.39 is 0 Å². The molecule has 3 heteroatoms. The molecule has 0 aliphatic heterocycles. The third-order valence-electron chi connectivity index (χ3n) is 0.454. The molecule has 0 saturated carbocycles. The Morgan fingerprint density at radius 1 is 1.62 bits per heavy atom. The predicted molar refractivity (Wildman–Crippen MR) is 33.8 cm³/mol. The molecule has 0 saturated heterocycles. The van der Waals surface area contributed by atoms with Gasteiger partial charge in [0, 0.05) is 0 Å². The van der Waals surface area contributed by atoms with Crippen LogP contribution < -0.4 is 0 Å². The summed E-state index contributed by atoms with van der Waals surface area (Å²) in [5, 5.41) is 0. The van der Waals surface area contributed by atoms with E-state index in [-0.39, 0.29) is 10.3 Å². The van der Waals surface area contributed by atoms with Crippen LogP contribution >= 0.6 is 15.9 Å². The van der Waals surface area contributed by atoms with Gasteiger partial charge >= 0.3 is 0 Å². The smallest absolute Gasteiger partial charge is 0.157 e. The van der Waals surface area contributed by atoms with Gasteiger partial charge in [-0.3, -0.25) is 9.59 Å². The number of hydrogen-bond donors (Lipinski definition) is 0. The summed E-state index contributed by atoms with van der Waals surface area (Å²) in [6, 6.07) is 0. The Morgan fingerprint density at radius 2 is 2.12 bits per heavy atom. The van der Waals surface area contributed by atoms with E-state index in [1.165, 1.54) is 13.0 Å². The zero-order valence-electron chi connectivity index (χ0n) is 4.35. The van der Waals surface area contributed by atoms with Crippen LogP contribution in [0.4, 0.5) is 0 Å². The van der Waals surface area contributed by atoms with Gasteiger partial charge in [0.05, 0.1) is 4.48 Å². The zero-order valence-corrected chi connectivity index (χ0v) is 5.94. The summed E-state index contributed by atoms with van der Waals surface area (Å²) in [6.07, 6.45) is 1.79. The number of halogens is 1. The maximum atomic E-state index is 10.1. The van der Waals surface area contributed by atoms with Gasteiger partial charge in [-0.25, -0.2) is 0 Å². The fraction of sp³-hybridized carbons (Fsp3) is 0.200. The minimum atomic E-state index is -0.135. The Kier molecular flexibility index (Phi) is 3.35. The van der Waals surface area contributed by atoms with Crippen LogP contribution in [-0.2, 0) is 9.59 Å². The van der Waals surface area contributed by atoms with Crippen molar-refractivity contribution in [1.29, 1.82) is 0 Å². The molecule has 0 heterocycles. The third kappa shape index (κ3) is 3.74. The van der Waals surface area contributed by atoms with Crippen LogP contribution in [0.2, 0.25) is 0 Å². The Hall–Kier alpha value is -0.440. The van der Waals surface area contributed by atoms with Gasteiger partial charge in [0.2, 0.25) is 0 Å². The fourth-order valence-corrected chi connectivity index (χ4v) is 0.551. The van der Waals surface area contributed by atoms with Crippen molar-refractivity contribution in [3.8, 4) is 0 Å². The van der Waals surface area contributed by atoms with Gasteiger partial charge in [0.1, 0.15) is 0 Å². The van der Waals surface area contributed by atoms with Crippen LogP contribution in [0.1, 0.15) is 6.92 Å². The fourth-order valence-electron chi connectivity index (χ4n) is 0.228. The SMILES string of the molecule is CC(=O)/C=C(/Br)C=O. The quantitative estimate of drug-likeness (QED) is 0.466. The Bertz CT molecular complexity index is 137. The highest BCUT2D eigenvalue weighted by Crippen LogP contribution is 1.98. The molecule has 2 nitrogen and oxygen atoms in total. The Balaban J connectivity index is 3.94. The number of carbonyl (C=O) groups is 2. The molecule has 0 bridgehead atoms. The van der Waals surface area contributed by atoms with Crippen LogP contribution in [0.3, 0.4) is 0 Å². The first kappa shape index (κ1) is 7.56. The molecule has 8 heavy (non-hydrogen) atoms. The summed E-state index contributed by atoms with van der Waals surface area (Å²) in [4.78, 5) is 19.9. The van der Waals surface area contributed by atoms with Gasteiger partial charge in [-0.15, -0.1) is 0 Å². The summed E-state index contributed by atoms with van der Waals surface area (Å²) in [5.41, 5.74) is 0. The van der Waals surface area contributed by atoms with Gasteiger partial charge in [-0.05, 0) is 28.9 Å². The van der Waals surface area contributed by atoms with Crippen LogP contribution in [-0.4, -0.2) is 12.1 Å².